The van der Waals surface area contributed by atoms with Crippen LogP contribution in [0.2, 0.25) is 0 Å². The minimum atomic E-state index is 0.0958. The van der Waals surface area contributed by atoms with Crippen LogP contribution < -0.4 is 4.90 Å². The molecule has 0 saturated carbocycles. The highest BCUT2D eigenvalue weighted by molar-refractivity contribution is 5.43. The Hall–Kier alpha value is -1.09. The molecule has 1 aliphatic heterocycles. The second-order valence-corrected chi connectivity index (χ2v) is 5.02. The third-order valence-electron chi connectivity index (χ3n) is 3.53. The van der Waals surface area contributed by atoms with Crippen molar-refractivity contribution in [1.29, 1.82) is 0 Å². The van der Waals surface area contributed by atoms with Gasteiger partial charge in [0.05, 0.1) is 6.61 Å². The summed E-state index contributed by atoms with van der Waals surface area (Å²) in [6.07, 6.45) is 5.12. The third kappa shape index (κ3) is 2.97. The van der Waals surface area contributed by atoms with Gasteiger partial charge in [0.1, 0.15) is 5.82 Å². The summed E-state index contributed by atoms with van der Waals surface area (Å²) in [5.74, 6) is 1.03. The number of anilines is 1. The second-order valence-electron chi connectivity index (χ2n) is 5.02. The maximum Gasteiger partial charge on any atom is 0.129 e. The molecule has 1 saturated heterocycles. The fraction of sp³-hybridized carbons (Fsp3) is 0.643. The first kappa shape index (κ1) is 12.4. The second kappa shape index (κ2) is 5.50. The predicted octanol–water partition coefficient (Wildman–Crippen LogP) is 2.65. The van der Waals surface area contributed by atoms with Crippen molar-refractivity contribution in [2.45, 2.75) is 52.2 Å². The Bertz CT molecular complexity index is 378. The molecule has 94 valence electrons. The van der Waals surface area contributed by atoms with E-state index in [2.05, 4.69) is 16.8 Å². The number of aromatic nitrogens is 1. The first-order valence-electron chi connectivity index (χ1n) is 6.56. The lowest BCUT2D eigenvalue weighted by molar-refractivity contribution is 0.281. The quantitative estimate of drug-likeness (QED) is 0.854. The predicted molar refractivity (Wildman–Crippen MR) is 70.2 cm³/mol. The number of hydrogen-bond acceptors (Lipinski definition) is 3. The first-order chi connectivity index (χ1) is 8.20. The molecular weight excluding hydrogens is 212 g/mol. The minimum Gasteiger partial charge on any atom is -0.392 e. The van der Waals surface area contributed by atoms with Crippen molar-refractivity contribution >= 4 is 5.82 Å². The van der Waals surface area contributed by atoms with Crippen molar-refractivity contribution in [1.82, 2.24) is 4.98 Å². The van der Waals surface area contributed by atoms with Crippen molar-refractivity contribution in [2.24, 2.45) is 0 Å². The highest BCUT2D eigenvalue weighted by atomic mass is 16.3. The molecule has 1 fully saturated rings. The Morgan fingerprint density at radius 2 is 2.18 bits per heavy atom. The van der Waals surface area contributed by atoms with E-state index in [0.717, 1.165) is 23.6 Å². The van der Waals surface area contributed by atoms with Gasteiger partial charge in [-0.25, -0.2) is 4.98 Å². The normalized spacial score (nSPS) is 21.4. The van der Waals surface area contributed by atoms with Crippen LogP contribution in [-0.4, -0.2) is 22.7 Å². The van der Waals surface area contributed by atoms with Crippen LogP contribution in [0.5, 0.6) is 0 Å². The number of aryl methyl sites for hydroxylation is 1. The topological polar surface area (TPSA) is 36.4 Å². The lowest BCUT2D eigenvalue weighted by Gasteiger charge is -2.28. The van der Waals surface area contributed by atoms with Crippen molar-refractivity contribution in [2.75, 3.05) is 11.4 Å². The van der Waals surface area contributed by atoms with Crippen molar-refractivity contribution in [3.63, 3.8) is 0 Å². The molecule has 0 bridgehead atoms. The zero-order valence-corrected chi connectivity index (χ0v) is 10.8. The first-order valence-corrected chi connectivity index (χ1v) is 6.56. The van der Waals surface area contributed by atoms with Crippen molar-refractivity contribution in [3.05, 3.63) is 23.4 Å². The van der Waals surface area contributed by atoms with E-state index >= 15 is 0 Å². The molecule has 0 amide bonds. The molecule has 0 radical (unpaired) electrons. The molecule has 3 nitrogen and oxygen atoms in total. The van der Waals surface area contributed by atoms with Gasteiger partial charge in [0.15, 0.2) is 0 Å². The highest BCUT2D eigenvalue weighted by Gasteiger charge is 2.18. The number of aliphatic hydroxyl groups is 1. The summed E-state index contributed by atoms with van der Waals surface area (Å²) in [6.45, 7) is 5.44. The van der Waals surface area contributed by atoms with E-state index in [1.807, 2.05) is 19.1 Å². The van der Waals surface area contributed by atoms with Crippen molar-refractivity contribution in [3.8, 4) is 0 Å². The molecule has 0 aliphatic carbocycles. The summed E-state index contributed by atoms with van der Waals surface area (Å²) >= 11 is 0. The number of rotatable bonds is 2. The van der Waals surface area contributed by atoms with E-state index in [0.29, 0.717) is 6.04 Å². The molecule has 1 aromatic rings. The van der Waals surface area contributed by atoms with E-state index < -0.39 is 0 Å². The monoisotopic (exact) mass is 234 g/mol. The molecule has 1 aliphatic rings. The number of hydrogen-bond donors (Lipinski definition) is 1. The smallest absolute Gasteiger partial charge is 0.129 e. The fourth-order valence-corrected chi connectivity index (χ4v) is 2.57. The van der Waals surface area contributed by atoms with E-state index in [1.54, 1.807) is 0 Å². The molecule has 1 aromatic heterocycles. The SMILES string of the molecule is Cc1cc(CO)cc(N2CCCCCC2C)n1. The van der Waals surface area contributed by atoms with Crippen LogP contribution in [0, 0.1) is 6.92 Å². The standard InChI is InChI=1S/C14H22N2O/c1-11-8-13(10-17)9-14(15-11)16-7-5-3-4-6-12(16)2/h8-9,12,17H,3-7,10H2,1-2H3. The summed E-state index contributed by atoms with van der Waals surface area (Å²) < 4.78 is 0. The van der Waals surface area contributed by atoms with E-state index in [1.165, 1.54) is 25.7 Å². The summed E-state index contributed by atoms with van der Waals surface area (Å²) in [5, 5.41) is 9.26. The average Bonchev–Trinajstić information content (AvgIpc) is 2.53. The van der Waals surface area contributed by atoms with Gasteiger partial charge >= 0.3 is 0 Å². The molecule has 0 aromatic carbocycles. The zero-order chi connectivity index (χ0) is 12.3. The van der Waals surface area contributed by atoms with Crippen LogP contribution in [0.3, 0.4) is 0 Å². The molecule has 17 heavy (non-hydrogen) atoms. The summed E-state index contributed by atoms with van der Waals surface area (Å²) in [7, 11) is 0. The highest BCUT2D eigenvalue weighted by Crippen LogP contribution is 2.23. The van der Waals surface area contributed by atoms with Crippen LogP contribution in [0.25, 0.3) is 0 Å². The van der Waals surface area contributed by atoms with Gasteiger partial charge in [-0.1, -0.05) is 12.8 Å². The Morgan fingerprint density at radius 1 is 1.35 bits per heavy atom. The maximum atomic E-state index is 9.26. The number of nitrogens with zero attached hydrogens (tertiary/aromatic N) is 2. The van der Waals surface area contributed by atoms with E-state index in [-0.39, 0.29) is 6.61 Å². The van der Waals surface area contributed by atoms with Crippen LogP contribution in [0.15, 0.2) is 12.1 Å². The van der Waals surface area contributed by atoms with E-state index in [9.17, 15) is 5.11 Å². The largest absolute Gasteiger partial charge is 0.392 e. The van der Waals surface area contributed by atoms with E-state index in [4.69, 9.17) is 0 Å². The lowest BCUT2D eigenvalue weighted by atomic mass is 10.1. The maximum absolute atomic E-state index is 9.26. The lowest BCUT2D eigenvalue weighted by Crippen LogP contribution is -2.33. The molecule has 1 N–H and O–H groups in total. The fourth-order valence-electron chi connectivity index (χ4n) is 2.57. The van der Waals surface area contributed by atoms with Gasteiger partial charge < -0.3 is 10.0 Å². The van der Waals surface area contributed by atoms with Gasteiger partial charge in [-0.2, -0.15) is 0 Å². The molecule has 3 heteroatoms. The molecule has 0 spiro atoms. The van der Waals surface area contributed by atoms with Gasteiger partial charge in [0.25, 0.3) is 0 Å². The zero-order valence-electron chi connectivity index (χ0n) is 10.8. The number of pyridine rings is 1. The summed E-state index contributed by atoms with van der Waals surface area (Å²) in [6, 6.07) is 4.53. The molecular formula is C14H22N2O. The minimum absolute atomic E-state index is 0.0958. The van der Waals surface area contributed by atoms with Crippen LogP contribution in [0.4, 0.5) is 5.82 Å². The van der Waals surface area contributed by atoms with Crippen LogP contribution in [0.1, 0.15) is 43.9 Å². The molecule has 2 rings (SSSR count). The van der Waals surface area contributed by atoms with Gasteiger partial charge in [0.2, 0.25) is 0 Å². The Labute approximate surface area is 103 Å². The Kier molecular flexibility index (Phi) is 4.00. The van der Waals surface area contributed by atoms with Gasteiger partial charge in [-0.3, -0.25) is 0 Å². The summed E-state index contributed by atoms with van der Waals surface area (Å²) in [5.41, 5.74) is 1.95. The van der Waals surface area contributed by atoms with Crippen molar-refractivity contribution < 1.29 is 5.11 Å². The average molecular weight is 234 g/mol. The van der Waals surface area contributed by atoms with Gasteiger partial charge in [0, 0.05) is 18.3 Å². The number of aliphatic hydroxyl groups excluding tert-OH is 1. The molecule has 2 heterocycles. The molecule has 1 atom stereocenters. The van der Waals surface area contributed by atoms with Crippen LogP contribution in [-0.2, 0) is 6.61 Å². The van der Waals surface area contributed by atoms with Gasteiger partial charge in [-0.05, 0) is 44.4 Å². The Balaban J connectivity index is 2.27. The summed E-state index contributed by atoms with van der Waals surface area (Å²) in [4.78, 5) is 7.00. The third-order valence-corrected chi connectivity index (χ3v) is 3.53. The van der Waals surface area contributed by atoms with Crippen LogP contribution >= 0.6 is 0 Å². The Morgan fingerprint density at radius 3 is 2.94 bits per heavy atom. The van der Waals surface area contributed by atoms with Gasteiger partial charge in [-0.15, -0.1) is 0 Å². The molecule has 1 unspecified atom stereocenters.